The summed E-state index contributed by atoms with van der Waals surface area (Å²) in [7, 11) is -3.46. The second kappa shape index (κ2) is 8.52. The van der Waals surface area contributed by atoms with Crippen LogP contribution in [0, 0.1) is 6.92 Å². The number of nitrogens with zero attached hydrogens (tertiary/aromatic N) is 2. The molecule has 0 radical (unpaired) electrons. The molecule has 2 aromatic heterocycles. The lowest BCUT2D eigenvalue weighted by Crippen LogP contribution is -2.14. The smallest absolute Gasteiger partial charge is 0.276 e. The van der Waals surface area contributed by atoms with E-state index in [0.717, 1.165) is 11.8 Å². The molecule has 0 aliphatic carbocycles. The van der Waals surface area contributed by atoms with E-state index in [9.17, 15) is 13.2 Å². The van der Waals surface area contributed by atoms with Gasteiger partial charge in [0.05, 0.1) is 23.9 Å². The van der Waals surface area contributed by atoms with Gasteiger partial charge in [-0.15, -0.1) is 0 Å². The fourth-order valence-electron chi connectivity index (χ4n) is 3.10. The van der Waals surface area contributed by atoms with Gasteiger partial charge in [-0.3, -0.25) is 9.52 Å². The van der Waals surface area contributed by atoms with E-state index >= 15 is 0 Å². The molecule has 0 saturated heterocycles. The van der Waals surface area contributed by atoms with Crippen LogP contribution in [0.5, 0.6) is 0 Å². The quantitative estimate of drug-likeness (QED) is 0.424. The van der Waals surface area contributed by atoms with E-state index in [2.05, 4.69) is 15.1 Å². The number of hydrogen-bond acceptors (Lipinski definition) is 5. The first-order chi connectivity index (χ1) is 15.2. The molecule has 1 amide bonds. The third-order valence-corrected chi connectivity index (χ3v) is 5.38. The molecule has 2 N–H and O–H groups in total. The lowest BCUT2D eigenvalue weighted by molar-refractivity contribution is 0.102. The summed E-state index contributed by atoms with van der Waals surface area (Å²) >= 11 is 6.13. The SMILES string of the molecule is Cc1ccc(NC(=O)c2cc(-c3ccco3)n(-c3cccc(Cl)c3)n2)cc1NS(C)(=O)=O. The van der Waals surface area contributed by atoms with Crippen molar-refractivity contribution in [2.75, 3.05) is 16.3 Å². The maximum Gasteiger partial charge on any atom is 0.276 e. The zero-order valence-electron chi connectivity index (χ0n) is 17.2. The molecule has 8 nitrogen and oxygen atoms in total. The van der Waals surface area contributed by atoms with Gasteiger partial charge in [0, 0.05) is 16.8 Å². The molecule has 0 bridgehead atoms. The number of nitrogens with one attached hydrogen (secondary N) is 2. The number of aromatic nitrogens is 2. The Balaban J connectivity index is 1.68. The van der Waals surface area contributed by atoms with Crippen molar-refractivity contribution in [2.24, 2.45) is 0 Å². The monoisotopic (exact) mass is 470 g/mol. The van der Waals surface area contributed by atoms with Crippen molar-refractivity contribution in [1.29, 1.82) is 0 Å². The summed E-state index contributed by atoms with van der Waals surface area (Å²) in [4.78, 5) is 12.9. The minimum atomic E-state index is -3.46. The number of hydrogen-bond donors (Lipinski definition) is 2. The van der Waals surface area contributed by atoms with E-state index in [0.29, 0.717) is 33.5 Å². The van der Waals surface area contributed by atoms with Gasteiger partial charge in [0.1, 0.15) is 5.69 Å². The standard InChI is InChI=1S/C22H19ClN4O4S/c1-14-8-9-16(12-18(14)26-32(2,29)30)24-22(28)19-13-20(21-7-4-10-31-21)27(25-19)17-6-3-5-15(23)11-17/h3-13,26H,1-2H3,(H,24,28). The second-order valence-corrected chi connectivity index (χ2v) is 9.33. The Morgan fingerprint density at radius 3 is 2.59 bits per heavy atom. The van der Waals surface area contributed by atoms with Crippen molar-refractivity contribution >= 4 is 38.9 Å². The number of sulfonamides is 1. The maximum atomic E-state index is 12.9. The van der Waals surface area contributed by atoms with E-state index in [1.165, 1.54) is 6.26 Å². The molecule has 2 aromatic carbocycles. The Morgan fingerprint density at radius 1 is 1.09 bits per heavy atom. The van der Waals surface area contributed by atoms with Crippen LogP contribution in [0.2, 0.25) is 5.02 Å². The van der Waals surface area contributed by atoms with Crippen LogP contribution in [0.4, 0.5) is 11.4 Å². The van der Waals surface area contributed by atoms with Crippen LogP contribution in [-0.4, -0.2) is 30.4 Å². The predicted octanol–water partition coefficient (Wildman–Crippen LogP) is 4.72. The minimum absolute atomic E-state index is 0.148. The van der Waals surface area contributed by atoms with Gasteiger partial charge in [0.25, 0.3) is 5.91 Å². The summed E-state index contributed by atoms with van der Waals surface area (Å²) in [5, 5.41) is 7.73. The van der Waals surface area contributed by atoms with Crippen molar-refractivity contribution in [1.82, 2.24) is 9.78 Å². The second-order valence-electron chi connectivity index (χ2n) is 7.14. The van der Waals surface area contributed by atoms with E-state index in [1.54, 1.807) is 66.2 Å². The van der Waals surface area contributed by atoms with Crippen LogP contribution >= 0.6 is 11.6 Å². The number of benzene rings is 2. The van der Waals surface area contributed by atoms with Crippen molar-refractivity contribution in [2.45, 2.75) is 6.92 Å². The number of aryl methyl sites for hydroxylation is 1. The Morgan fingerprint density at radius 2 is 1.91 bits per heavy atom. The molecule has 0 fully saturated rings. The van der Waals surface area contributed by atoms with Crippen molar-refractivity contribution < 1.29 is 17.6 Å². The minimum Gasteiger partial charge on any atom is -0.463 e. The fraction of sp³-hybridized carbons (Fsp3) is 0.0909. The van der Waals surface area contributed by atoms with Gasteiger partial charge in [-0.25, -0.2) is 13.1 Å². The summed E-state index contributed by atoms with van der Waals surface area (Å²) in [6.45, 7) is 1.77. The Labute approximate surface area is 189 Å². The number of furan rings is 1. The van der Waals surface area contributed by atoms with Crippen molar-refractivity contribution in [3.05, 3.63) is 83.2 Å². The molecule has 0 spiro atoms. The zero-order chi connectivity index (χ0) is 22.9. The lowest BCUT2D eigenvalue weighted by Gasteiger charge is -2.10. The van der Waals surface area contributed by atoms with E-state index in [-0.39, 0.29) is 5.69 Å². The van der Waals surface area contributed by atoms with Gasteiger partial charge in [0.2, 0.25) is 10.0 Å². The molecule has 0 saturated carbocycles. The van der Waals surface area contributed by atoms with Gasteiger partial charge >= 0.3 is 0 Å². The molecule has 4 aromatic rings. The van der Waals surface area contributed by atoms with Crippen LogP contribution in [0.25, 0.3) is 17.1 Å². The highest BCUT2D eigenvalue weighted by molar-refractivity contribution is 7.92. The zero-order valence-corrected chi connectivity index (χ0v) is 18.7. The number of halogens is 1. The number of carbonyl (C=O) groups excluding carboxylic acids is 1. The molecule has 0 atom stereocenters. The average molecular weight is 471 g/mol. The maximum absolute atomic E-state index is 12.9. The number of rotatable bonds is 6. The Bertz CT molecular complexity index is 1400. The summed E-state index contributed by atoms with van der Waals surface area (Å²) in [6.07, 6.45) is 2.60. The molecule has 0 aliphatic rings. The third-order valence-electron chi connectivity index (χ3n) is 4.56. The van der Waals surface area contributed by atoms with Crippen LogP contribution in [0.15, 0.2) is 71.3 Å². The van der Waals surface area contributed by atoms with Gasteiger partial charge in [-0.2, -0.15) is 5.10 Å². The summed E-state index contributed by atoms with van der Waals surface area (Å²) in [6, 6.07) is 17.1. The first-order valence-corrected chi connectivity index (χ1v) is 11.8. The fourth-order valence-corrected chi connectivity index (χ4v) is 3.91. The normalized spacial score (nSPS) is 11.3. The highest BCUT2D eigenvalue weighted by atomic mass is 35.5. The topological polar surface area (TPSA) is 106 Å². The van der Waals surface area contributed by atoms with E-state index in [4.69, 9.17) is 16.0 Å². The molecule has 164 valence electrons. The summed E-state index contributed by atoms with van der Waals surface area (Å²) in [5.74, 6) is 0.0687. The molecule has 2 heterocycles. The summed E-state index contributed by atoms with van der Waals surface area (Å²) in [5.41, 5.74) is 2.91. The average Bonchev–Trinajstić information content (AvgIpc) is 3.39. The predicted molar refractivity (Wildman–Crippen MR) is 124 cm³/mol. The molecule has 10 heteroatoms. The van der Waals surface area contributed by atoms with Crippen molar-refractivity contribution in [3.8, 4) is 17.1 Å². The van der Waals surface area contributed by atoms with Crippen LogP contribution < -0.4 is 10.0 Å². The molecule has 0 unspecified atom stereocenters. The van der Waals surface area contributed by atoms with Gasteiger partial charge < -0.3 is 9.73 Å². The van der Waals surface area contributed by atoms with Gasteiger partial charge in [-0.05, 0) is 55.0 Å². The molecular formula is C22H19ClN4O4S. The molecule has 0 aliphatic heterocycles. The van der Waals surface area contributed by atoms with E-state index < -0.39 is 15.9 Å². The number of amides is 1. The molecule has 32 heavy (non-hydrogen) atoms. The van der Waals surface area contributed by atoms with Gasteiger partial charge in [-0.1, -0.05) is 23.7 Å². The van der Waals surface area contributed by atoms with Crippen LogP contribution in [0.3, 0.4) is 0 Å². The number of anilines is 2. The highest BCUT2D eigenvalue weighted by Gasteiger charge is 2.19. The first kappa shape index (κ1) is 21.7. The Kier molecular flexibility index (Phi) is 5.77. The molecular weight excluding hydrogens is 452 g/mol. The lowest BCUT2D eigenvalue weighted by atomic mass is 10.2. The van der Waals surface area contributed by atoms with Crippen LogP contribution in [-0.2, 0) is 10.0 Å². The van der Waals surface area contributed by atoms with Gasteiger partial charge in [0.15, 0.2) is 11.5 Å². The largest absolute Gasteiger partial charge is 0.463 e. The van der Waals surface area contributed by atoms with Crippen LogP contribution in [0.1, 0.15) is 16.1 Å². The highest BCUT2D eigenvalue weighted by Crippen LogP contribution is 2.27. The van der Waals surface area contributed by atoms with E-state index in [1.807, 2.05) is 6.07 Å². The number of carbonyl (C=O) groups is 1. The first-order valence-electron chi connectivity index (χ1n) is 9.49. The van der Waals surface area contributed by atoms with Crippen molar-refractivity contribution in [3.63, 3.8) is 0 Å². The Hall–Kier alpha value is -3.56. The molecule has 4 rings (SSSR count). The third kappa shape index (κ3) is 4.84. The summed E-state index contributed by atoms with van der Waals surface area (Å²) < 4.78 is 32.7.